The molecule has 1 saturated heterocycles. The molecule has 0 unspecified atom stereocenters. The molecule has 0 aromatic heterocycles. The molecule has 1 atom stereocenters. The Morgan fingerprint density at radius 2 is 1.59 bits per heavy atom. The molecule has 0 spiro atoms. The Morgan fingerprint density at radius 3 is 2.21 bits per heavy atom. The number of likely N-dealkylation sites (tertiary alicyclic amines) is 1. The quantitative estimate of drug-likeness (QED) is 0.417. The molecule has 1 fully saturated rings. The molecule has 2 N–H and O–H groups in total. The molecular formula is C29H28F3N3O4. The first-order chi connectivity index (χ1) is 18.7. The van der Waals surface area contributed by atoms with Crippen LogP contribution in [0.1, 0.15) is 51.8 Å². The zero-order chi connectivity index (χ0) is 28.0. The summed E-state index contributed by atoms with van der Waals surface area (Å²) in [6.45, 7) is 0.854. The van der Waals surface area contributed by atoms with Crippen molar-refractivity contribution in [3.05, 3.63) is 101 Å². The molecule has 0 radical (unpaired) electrons. The van der Waals surface area contributed by atoms with Crippen LogP contribution in [0.3, 0.4) is 0 Å². The second kappa shape index (κ2) is 12.0. The predicted molar refractivity (Wildman–Crippen MR) is 139 cm³/mol. The van der Waals surface area contributed by atoms with E-state index in [1.54, 1.807) is 47.4 Å². The first-order valence-corrected chi connectivity index (χ1v) is 12.4. The van der Waals surface area contributed by atoms with Crippen molar-refractivity contribution in [2.24, 2.45) is 0 Å². The Morgan fingerprint density at radius 1 is 0.923 bits per heavy atom. The topological polar surface area (TPSA) is 87.7 Å². The molecule has 0 aliphatic carbocycles. The zero-order valence-corrected chi connectivity index (χ0v) is 21.2. The number of hydrogen-bond donors (Lipinski definition) is 2. The number of carbonyl (C=O) groups is 3. The number of carbonyl (C=O) groups excluding carboxylic acids is 3. The van der Waals surface area contributed by atoms with Gasteiger partial charge in [0, 0.05) is 24.3 Å². The van der Waals surface area contributed by atoms with Crippen molar-refractivity contribution in [2.75, 3.05) is 25.5 Å². The van der Waals surface area contributed by atoms with Crippen LogP contribution in [0.2, 0.25) is 0 Å². The SMILES string of the molecule is COC(=O)N[C@@H](C(=O)Nc1ccc(C2CCN(C(=O)c3cccc(C(F)(F)F)c3)CC2)cc1)c1ccccc1. The van der Waals surface area contributed by atoms with E-state index in [4.69, 9.17) is 0 Å². The van der Waals surface area contributed by atoms with Gasteiger partial charge in [-0.15, -0.1) is 0 Å². The number of amides is 3. The summed E-state index contributed by atoms with van der Waals surface area (Å²) in [6, 6.07) is 19.7. The third kappa shape index (κ3) is 6.95. The highest BCUT2D eigenvalue weighted by atomic mass is 19.4. The van der Waals surface area contributed by atoms with E-state index in [0.717, 1.165) is 17.7 Å². The van der Waals surface area contributed by atoms with Crippen LogP contribution in [-0.2, 0) is 15.7 Å². The zero-order valence-electron chi connectivity index (χ0n) is 21.2. The van der Waals surface area contributed by atoms with Crippen LogP contribution in [0.25, 0.3) is 0 Å². The fourth-order valence-corrected chi connectivity index (χ4v) is 4.60. The van der Waals surface area contributed by atoms with E-state index in [-0.39, 0.29) is 11.5 Å². The van der Waals surface area contributed by atoms with Crippen LogP contribution in [0, 0.1) is 0 Å². The molecule has 3 aromatic carbocycles. The summed E-state index contributed by atoms with van der Waals surface area (Å²) >= 11 is 0. The average Bonchev–Trinajstić information content (AvgIpc) is 2.96. The monoisotopic (exact) mass is 539 g/mol. The lowest BCUT2D eigenvalue weighted by atomic mass is 9.89. The van der Waals surface area contributed by atoms with Crippen molar-refractivity contribution < 1.29 is 32.3 Å². The van der Waals surface area contributed by atoms with Crippen LogP contribution in [0.15, 0.2) is 78.9 Å². The number of methoxy groups -OCH3 is 1. The Hall–Kier alpha value is -4.34. The maximum absolute atomic E-state index is 13.0. The van der Waals surface area contributed by atoms with Gasteiger partial charge in [0.2, 0.25) is 0 Å². The van der Waals surface area contributed by atoms with Crippen molar-refractivity contribution >= 4 is 23.6 Å². The fourth-order valence-electron chi connectivity index (χ4n) is 4.60. The van der Waals surface area contributed by atoms with Gasteiger partial charge in [-0.3, -0.25) is 9.59 Å². The number of rotatable bonds is 6. The lowest BCUT2D eigenvalue weighted by Gasteiger charge is -2.32. The maximum Gasteiger partial charge on any atom is 0.416 e. The first-order valence-electron chi connectivity index (χ1n) is 12.4. The fraction of sp³-hybridized carbons (Fsp3) is 0.276. The number of alkyl carbamates (subject to hydrolysis) is 1. The number of anilines is 1. The van der Waals surface area contributed by atoms with Crippen LogP contribution in [-0.4, -0.2) is 43.0 Å². The van der Waals surface area contributed by atoms with Crippen LogP contribution in [0.5, 0.6) is 0 Å². The van der Waals surface area contributed by atoms with Gasteiger partial charge in [0.1, 0.15) is 6.04 Å². The van der Waals surface area contributed by atoms with Gasteiger partial charge < -0.3 is 20.3 Å². The predicted octanol–water partition coefficient (Wildman–Crippen LogP) is 5.76. The van der Waals surface area contributed by atoms with Gasteiger partial charge in [-0.1, -0.05) is 48.5 Å². The van der Waals surface area contributed by atoms with Crippen molar-refractivity contribution in [3.63, 3.8) is 0 Å². The molecule has 204 valence electrons. The molecule has 1 heterocycles. The Bertz CT molecular complexity index is 1310. The maximum atomic E-state index is 13.0. The van der Waals surface area contributed by atoms with Gasteiger partial charge in [0.05, 0.1) is 12.7 Å². The van der Waals surface area contributed by atoms with E-state index in [9.17, 15) is 27.6 Å². The summed E-state index contributed by atoms with van der Waals surface area (Å²) in [7, 11) is 1.22. The highest BCUT2D eigenvalue weighted by Gasteiger charge is 2.32. The molecule has 3 aromatic rings. The summed E-state index contributed by atoms with van der Waals surface area (Å²) < 4.78 is 43.7. The van der Waals surface area contributed by atoms with Crippen LogP contribution < -0.4 is 10.6 Å². The van der Waals surface area contributed by atoms with Crippen LogP contribution in [0.4, 0.5) is 23.7 Å². The van der Waals surface area contributed by atoms with E-state index >= 15 is 0 Å². The molecule has 1 aliphatic heterocycles. The third-order valence-corrected chi connectivity index (χ3v) is 6.71. The van der Waals surface area contributed by atoms with Crippen LogP contribution >= 0.6 is 0 Å². The average molecular weight is 540 g/mol. The summed E-state index contributed by atoms with van der Waals surface area (Å²) in [6.07, 6.45) is -3.91. The number of piperidine rings is 1. The standard InChI is InChI=1S/C29H28F3N3O4/c1-39-28(38)34-25(21-6-3-2-4-7-21)26(36)33-24-12-10-19(11-13-24)20-14-16-35(17-15-20)27(37)22-8-5-9-23(18-22)29(30,31)32/h2-13,18,20,25H,14-17H2,1H3,(H,33,36)(H,34,38)/t25-/m1/s1. The third-order valence-electron chi connectivity index (χ3n) is 6.71. The molecule has 0 saturated carbocycles. The lowest BCUT2D eigenvalue weighted by molar-refractivity contribution is -0.137. The molecule has 4 rings (SSSR count). The van der Waals surface area contributed by atoms with E-state index in [0.29, 0.717) is 37.2 Å². The summed E-state index contributed by atoms with van der Waals surface area (Å²) in [5.41, 5.74) is 1.37. The number of alkyl halides is 3. The minimum absolute atomic E-state index is 0.0267. The van der Waals surface area contributed by atoms with Gasteiger partial charge in [0.15, 0.2) is 0 Å². The van der Waals surface area contributed by atoms with Crippen molar-refractivity contribution in [1.82, 2.24) is 10.2 Å². The van der Waals surface area contributed by atoms with Gasteiger partial charge in [-0.2, -0.15) is 13.2 Å². The molecular weight excluding hydrogens is 511 g/mol. The number of hydrogen-bond acceptors (Lipinski definition) is 4. The van der Waals surface area contributed by atoms with E-state index in [1.807, 2.05) is 12.1 Å². The lowest BCUT2D eigenvalue weighted by Crippen LogP contribution is -2.38. The molecule has 39 heavy (non-hydrogen) atoms. The van der Waals surface area contributed by atoms with E-state index < -0.39 is 35.7 Å². The number of benzene rings is 3. The number of nitrogens with one attached hydrogen (secondary N) is 2. The second-order valence-electron chi connectivity index (χ2n) is 9.24. The van der Waals surface area contributed by atoms with Crippen molar-refractivity contribution in [3.8, 4) is 0 Å². The summed E-state index contributed by atoms with van der Waals surface area (Å²) in [5.74, 6) is -0.676. The van der Waals surface area contributed by atoms with Crippen molar-refractivity contribution in [1.29, 1.82) is 0 Å². The number of nitrogens with zero attached hydrogens (tertiary/aromatic N) is 1. The smallest absolute Gasteiger partial charge is 0.416 e. The molecule has 3 amide bonds. The van der Waals surface area contributed by atoms with Gasteiger partial charge >= 0.3 is 12.3 Å². The largest absolute Gasteiger partial charge is 0.453 e. The molecule has 10 heteroatoms. The normalized spacial score (nSPS) is 14.8. The van der Waals surface area contributed by atoms with Crippen molar-refractivity contribution in [2.45, 2.75) is 31.0 Å². The minimum Gasteiger partial charge on any atom is -0.453 e. The highest BCUT2D eigenvalue weighted by molar-refractivity contribution is 5.97. The summed E-state index contributed by atoms with van der Waals surface area (Å²) in [5, 5.41) is 5.35. The minimum atomic E-state index is -4.50. The Balaban J connectivity index is 1.36. The van der Waals surface area contributed by atoms with E-state index in [1.165, 1.54) is 19.2 Å². The second-order valence-corrected chi connectivity index (χ2v) is 9.24. The Kier molecular flexibility index (Phi) is 8.53. The number of ether oxygens (including phenoxy) is 1. The summed E-state index contributed by atoms with van der Waals surface area (Å²) in [4.78, 5) is 39.1. The Labute approximate surface area is 224 Å². The highest BCUT2D eigenvalue weighted by Crippen LogP contribution is 2.32. The van der Waals surface area contributed by atoms with E-state index in [2.05, 4.69) is 15.4 Å². The molecule has 1 aliphatic rings. The number of halogens is 3. The van der Waals surface area contributed by atoms with Gasteiger partial charge in [0.25, 0.3) is 11.8 Å². The van der Waals surface area contributed by atoms with Gasteiger partial charge in [-0.05, 0) is 60.2 Å². The molecule has 0 bridgehead atoms. The first kappa shape index (κ1) is 27.7. The van der Waals surface area contributed by atoms with Gasteiger partial charge in [-0.25, -0.2) is 4.79 Å². The molecule has 7 nitrogen and oxygen atoms in total.